The Bertz CT molecular complexity index is 2160. The zero-order valence-corrected chi connectivity index (χ0v) is 22.3. The van der Waals surface area contributed by atoms with Crippen molar-refractivity contribution in [3.05, 3.63) is 109 Å². The van der Waals surface area contributed by atoms with Crippen molar-refractivity contribution in [2.24, 2.45) is 0 Å². The lowest BCUT2D eigenvalue weighted by molar-refractivity contribution is 0.446. The summed E-state index contributed by atoms with van der Waals surface area (Å²) >= 11 is 0. The first-order valence-electron chi connectivity index (χ1n) is 14.6. The summed E-state index contributed by atoms with van der Waals surface area (Å²) in [5.41, 5.74) is 17.8. The first kappa shape index (κ1) is 20.5. The van der Waals surface area contributed by atoms with Crippen molar-refractivity contribution in [3.63, 3.8) is 0 Å². The molecular weight excluding hydrogens is 514 g/mol. The van der Waals surface area contributed by atoms with Crippen LogP contribution < -0.4 is 46.5 Å². The van der Waals surface area contributed by atoms with Crippen LogP contribution in [-0.4, -0.2) is 13.6 Å². The molecule has 6 aliphatic rings. The van der Waals surface area contributed by atoms with Crippen LogP contribution in [0.4, 0.5) is 28.4 Å². The number of hydrogen-bond donors (Lipinski definition) is 0. The van der Waals surface area contributed by atoms with E-state index >= 15 is 0 Å². The number of nitrogens with zero attached hydrogens (tertiary/aromatic N) is 2. The van der Waals surface area contributed by atoms with Gasteiger partial charge < -0.3 is 14.3 Å². The Labute approximate surface area is 242 Å². The molecule has 0 unspecified atom stereocenters. The van der Waals surface area contributed by atoms with Gasteiger partial charge in [-0.3, -0.25) is 4.90 Å². The van der Waals surface area contributed by atoms with Crippen LogP contribution in [0.5, 0.6) is 23.0 Å². The van der Waals surface area contributed by atoms with Crippen molar-refractivity contribution >= 4 is 69.3 Å². The van der Waals surface area contributed by atoms with Gasteiger partial charge in [0.2, 0.25) is 6.71 Å². The predicted octanol–water partition coefficient (Wildman–Crippen LogP) is 5.42. The SMILES string of the molecule is c1ccc(B2c3cccc4c3N3B5c6c-4ccc4c6N6c7c(cccc7Oc7ccc(c5c76)-c5cccc2c53)O4)cc1. The van der Waals surface area contributed by atoms with Gasteiger partial charge in [0.15, 0.2) is 23.0 Å². The van der Waals surface area contributed by atoms with E-state index in [4.69, 9.17) is 9.47 Å². The summed E-state index contributed by atoms with van der Waals surface area (Å²) in [5, 5.41) is 0. The standard InChI is InChI=1S/C36H18B2N2O2/c1-2-7-19(8-3-1)37-24-11-4-9-22-20-15-17-28-35-30(20)38-31-21(23-10-5-12-25(37)33(23)40(38)32(22)24)16-18-29-36(31)39(35)34-26(41-28)13-6-14-27(34)42-29/h1-18H. The van der Waals surface area contributed by atoms with E-state index in [2.05, 4.69) is 113 Å². The quantitative estimate of drug-likeness (QED) is 0.264. The van der Waals surface area contributed by atoms with E-state index in [-0.39, 0.29) is 13.6 Å². The Kier molecular flexibility index (Phi) is 3.21. The molecule has 0 aliphatic carbocycles. The van der Waals surface area contributed by atoms with Crippen molar-refractivity contribution in [2.45, 2.75) is 0 Å². The summed E-state index contributed by atoms with van der Waals surface area (Å²) in [6, 6.07) is 39.8. The van der Waals surface area contributed by atoms with Gasteiger partial charge >= 0.3 is 6.85 Å². The molecule has 6 heteroatoms. The summed E-state index contributed by atoms with van der Waals surface area (Å²) in [4.78, 5) is 5.10. The molecule has 42 heavy (non-hydrogen) atoms. The molecule has 4 nitrogen and oxygen atoms in total. The monoisotopic (exact) mass is 532 g/mol. The van der Waals surface area contributed by atoms with Gasteiger partial charge in [-0.25, -0.2) is 0 Å². The fourth-order valence-electron chi connectivity index (χ4n) is 8.79. The third kappa shape index (κ3) is 2.04. The van der Waals surface area contributed by atoms with E-state index in [1.165, 1.54) is 60.9 Å². The maximum atomic E-state index is 6.63. The summed E-state index contributed by atoms with van der Waals surface area (Å²) in [7, 11) is 0. The first-order valence-corrected chi connectivity index (χ1v) is 14.6. The number of ether oxygens (including phenoxy) is 2. The molecular formula is C36H18B2N2O2. The largest absolute Gasteiger partial charge is 0.453 e. The lowest BCUT2D eigenvalue weighted by Crippen LogP contribution is -2.69. The van der Waals surface area contributed by atoms with Gasteiger partial charge in [0.05, 0.1) is 11.4 Å². The lowest BCUT2D eigenvalue weighted by atomic mass is 9.31. The Hall–Kier alpha value is -5.35. The minimum absolute atomic E-state index is 0.0224. The topological polar surface area (TPSA) is 24.9 Å². The molecule has 12 rings (SSSR count). The van der Waals surface area contributed by atoms with E-state index in [1.54, 1.807) is 0 Å². The molecule has 6 aromatic carbocycles. The minimum atomic E-state index is 0.0224. The maximum Gasteiger partial charge on any atom is 0.333 e. The van der Waals surface area contributed by atoms with E-state index < -0.39 is 0 Å². The summed E-state index contributed by atoms with van der Waals surface area (Å²) < 4.78 is 13.3. The zero-order valence-electron chi connectivity index (χ0n) is 22.3. The molecule has 0 aromatic heterocycles. The van der Waals surface area contributed by atoms with Crippen molar-refractivity contribution in [1.82, 2.24) is 0 Å². The van der Waals surface area contributed by atoms with Crippen LogP contribution >= 0.6 is 0 Å². The summed E-state index contributed by atoms with van der Waals surface area (Å²) in [6.45, 7) is 0.182. The number of benzene rings is 6. The van der Waals surface area contributed by atoms with Crippen LogP contribution in [0.2, 0.25) is 0 Å². The number of fused-ring (bicyclic) bond motifs is 2. The molecule has 0 spiro atoms. The van der Waals surface area contributed by atoms with Gasteiger partial charge in [0.1, 0.15) is 5.69 Å². The Morgan fingerprint density at radius 3 is 1.57 bits per heavy atom. The molecule has 0 saturated carbocycles. The average molecular weight is 532 g/mol. The van der Waals surface area contributed by atoms with Gasteiger partial charge in [-0.1, -0.05) is 90.4 Å². The van der Waals surface area contributed by atoms with Crippen molar-refractivity contribution < 1.29 is 9.47 Å². The Morgan fingerprint density at radius 2 is 0.976 bits per heavy atom. The average Bonchev–Trinajstić information content (AvgIpc) is 3.04. The molecule has 6 aliphatic heterocycles. The second-order valence-electron chi connectivity index (χ2n) is 12.0. The zero-order chi connectivity index (χ0) is 26.8. The molecule has 0 fully saturated rings. The third-order valence-corrected chi connectivity index (χ3v) is 10.2. The highest BCUT2D eigenvalue weighted by Gasteiger charge is 2.56. The number of para-hydroxylation sites is 3. The van der Waals surface area contributed by atoms with Gasteiger partial charge in [0, 0.05) is 22.5 Å². The normalized spacial score (nSPS) is 15.3. The van der Waals surface area contributed by atoms with Crippen LogP contribution in [0.25, 0.3) is 22.3 Å². The van der Waals surface area contributed by atoms with Gasteiger partial charge in [-0.15, -0.1) is 0 Å². The maximum absolute atomic E-state index is 6.63. The van der Waals surface area contributed by atoms with Crippen LogP contribution in [0, 0.1) is 0 Å². The molecule has 0 N–H and O–H groups in total. The van der Waals surface area contributed by atoms with Gasteiger partial charge in [-0.05, 0) is 57.2 Å². The molecule has 190 valence electrons. The molecule has 0 radical (unpaired) electrons. The molecule has 6 heterocycles. The number of hydrogen-bond acceptors (Lipinski definition) is 4. The fourth-order valence-corrected chi connectivity index (χ4v) is 8.79. The van der Waals surface area contributed by atoms with Crippen molar-refractivity contribution in [3.8, 4) is 45.3 Å². The van der Waals surface area contributed by atoms with Crippen LogP contribution in [0.3, 0.4) is 0 Å². The summed E-state index contributed by atoms with van der Waals surface area (Å²) in [5.74, 6) is 3.48. The third-order valence-electron chi connectivity index (χ3n) is 10.2. The highest BCUT2D eigenvalue weighted by Crippen LogP contribution is 2.63. The number of anilines is 5. The fraction of sp³-hybridized carbons (Fsp3) is 0. The minimum Gasteiger partial charge on any atom is -0.453 e. The van der Waals surface area contributed by atoms with Crippen LogP contribution in [-0.2, 0) is 0 Å². The van der Waals surface area contributed by atoms with Gasteiger partial charge in [-0.2, -0.15) is 0 Å². The molecule has 0 bridgehead atoms. The van der Waals surface area contributed by atoms with Gasteiger partial charge in [0.25, 0.3) is 0 Å². The smallest absolute Gasteiger partial charge is 0.333 e. The Balaban J connectivity index is 1.30. The van der Waals surface area contributed by atoms with E-state index in [9.17, 15) is 0 Å². The van der Waals surface area contributed by atoms with E-state index in [0.29, 0.717) is 0 Å². The second-order valence-corrected chi connectivity index (χ2v) is 12.0. The summed E-state index contributed by atoms with van der Waals surface area (Å²) in [6.07, 6.45) is 0. The van der Waals surface area contributed by atoms with E-state index in [1.807, 2.05) is 6.07 Å². The molecule has 0 saturated heterocycles. The van der Waals surface area contributed by atoms with Crippen LogP contribution in [0.1, 0.15) is 0 Å². The van der Waals surface area contributed by atoms with Crippen molar-refractivity contribution in [2.75, 3.05) is 9.71 Å². The molecule has 6 aromatic rings. The number of rotatable bonds is 1. The first-order chi connectivity index (χ1) is 20.9. The highest BCUT2D eigenvalue weighted by molar-refractivity contribution is 7.02. The predicted molar refractivity (Wildman–Crippen MR) is 170 cm³/mol. The molecule has 0 amide bonds. The Morgan fingerprint density at radius 1 is 0.429 bits per heavy atom. The lowest BCUT2D eigenvalue weighted by Gasteiger charge is -2.54. The molecule has 0 atom stereocenters. The second kappa shape index (κ2) is 6.58. The van der Waals surface area contributed by atoms with Crippen molar-refractivity contribution in [1.29, 1.82) is 0 Å². The van der Waals surface area contributed by atoms with E-state index in [0.717, 1.165) is 40.1 Å². The highest BCUT2D eigenvalue weighted by atomic mass is 16.5. The van der Waals surface area contributed by atoms with Crippen LogP contribution in [0.15, 0.2) is 109 Å².